The summed E-state index contributed by atoms with van der Waals surface area (Å²) in [6, 6.07) is 0.467. The second kappa shape index (κ2) is 5.60. The highest BCUT2D eigenvalue weighted by atomic mass is 16.2. The topological polar surface area (TPSA) is 61.4 Å². The van der Waals surface area contributed by atoms with Crippen molar-refractivity contribution >= 4 is 11.8 Å². The van der Waals surface area contributed by atoms with Crippen molar-refractivity contribution in [2.24, 2.45) is 0 Å². The van der Waals surface area contributed by atoms with Gasteiger partial charge in [0, 0.05) is 12.6 Å². The molecule has 0 bridgehead atoms. The van der Waals surface area contributed by atoms with Crippen molar-refractivity contribution in [2.75, 3.05) is 19.6 Å². The molecule has 1 rings (SSSR count). The number of piperazine rings is 1. The van der Waals surface area contributed by atoms with Crippen molar-refractivity contribution in [3.8, 4) is 0 Å². The summed E-state index contributed by atoms with van der Waals surface area (Å²) >= 11 is 0. The average Bonchev–Trinajstić information content (AvgIpc) is 2.20. The third-order valence-electron chi connectivity index (χ3n) is 3.09. The number of hydrogen-bond acceptors (Lipinski definition) is 4. The van der Waals surface area contributed by atoms with Crippen LogP contribution in [-0.2, 0) is 9.59 Å². The van der Waals surface area contributed by atoms with E-state index in [0.29, 0.717) is 12.6 Å². The zero-order chi connectivity index (χ0) is 13.1. The Morgan fingerprint density at radius 1 is 1.41 bits per heavy atom. The SMILES string of the molecule is CC(C)NCCCN1CC(=O)NC(=O)C1(C)C. The van der Waals surface area contributed by atoms with Gasteiger partial charge >= 0.3 is 0 Å². The van der Waals surface area contributed by atoms with Gasteiger partial charge in [-0.15, -0.1) is 0 Å². The average molecular weight is 241 g/mol. The summed E-state index contributed by atoms with van der Waals surface area (Å²) in [5.41, 5.74) is -0.592. The quantitative estimate of drug-likeness (QED) is 0.530. The van der Waals surface area contributed by atoms with E-state index in [-0.39, 0.29) is 11.8 Å². The molecule has 0 aromatic heterocycles. The molecule has 17 heavy (non-hydrogen) atoms. The van der Waals surface area contributed by atoms with Crippen LogP contribution in [0.5, 0.6) is 0 Å². The number of rotatable bonds is 5. The molecule has 0 spiro atoms. The molecule has 0 atom stereocenters. The Kier molecular flexibility index (Phi) is 4.65. The van der Waals surface area contributed by atoms with E-state index >= 15 is 0 Å². The molecule has 0 aromatic rings. The van der Waals surface area contributed by atoms with Crippen LogP contribution in [-0.4, -0.2) is 47.9 Å². The fourth-order valence-electron chi connectivity index (χ4n) is 1.85. The van der Waals surface area contributed by atoms with Gasteiger partial charge in [0.15, 0.2) is 0 Å². The van der Waals surface area contributed by atoms with Crippen LogP contribution in [0.25, 0.3) is 0 Å². The molecule has 2 N–H and O–H groups in total. The van der Waals surface area contributed by atoms with Crippen molar-refractivity contribution in [1.29, 1.82) is 0 Å². The van der Waals surface area contributed by atoms with Crippen LogP contribution >= 0.6 is 0 Å². The fourth-order valence-corrected chi connectivity index (χ4v) is 1.85. The Bertz CT molecular complexity index is 300. The lowest BCUT2D eigenvalue weighted by molar-refractivity contribution is -0.145. The van der Waals surface area contributed by atoms with Gasteiger partial charge in [-0.3, -0.25) is 19.8 Å². The van der Waals surface area contributed by atoms with Crippen molar-refractivity contribution < 1.29 is 9.59 Å². The molecule has 0 radical (unpaired) electrons. The minimum atomic E-state index is -0.592. The van der Waals surface area contributed by atoms with E-state index in [1.807, 2.05) is 18.7 Å². The Hall–Kier alpha value is -0.940. The third-order valence-corrected chi connectivity index (χ3v) is 3.09. The van der Waals surface area contributed by atoms with Crippen molar-refractivity contribution in [1.82, 2.24) is 15.5 Å². The number of imide groups is 1. The Labute approximate surface area is 103 Å². The predicted octanol–water partition coefficient (Wildman–Crippen LogP) is 0.112. The minimum absolute atomic E-state index is 0.203. The molecule has 2 amide bonds. The summed E-state index contributed by atoms with van der Waals surface area (Å²) in [7, 11) is 0. The van der Waals surface area contributed by atoms with Gasteiger partial charge in [0.2, 0.25) is 11.8 Å². The lowest BCUT2D eigenvalue weighted by Crippen LogP contribution is -2.64. The highest BCUT2D eigenvalue weighted by molar-refractivity contribution is 6.02. The lowest BCUT2D eigenvalue weighted by Gasteiger charge is -2.40. The van der Waals surface area contributed by atoms with Crippen LogP contribution in [0.4, 0.5) is 0 Å². The van der Waals surface area contributed by atoms with Gasteiger partial charge < -0.3 is 5.32 Å². The molecule has 0 saturated carbocycles. The molecule has 98 valence electrons. The smallest absolute Gasteiger partial charge is 0.246 e. The Balaban J connectivity index is 2.45. The fraction of sp³-hybridized carbons (Fsp3) is 0.833. The number of carbonyl (C=O) groups is 2. The van der Waals surface area contributed by atoms with Crippen LogP contribution < -0.4 is 10.6 Å². The monoisotopic (exact) mass is 241 g/mol. The first-order chi connectivity index (χ1) is 7.84. The molecule has 1 saturated heterocycles. The maximum absolute atomic E-state index is 11.7. The van der Waals surface area contributed by atoms with Gasteiger partial charge in [0.05, 0.1) is 12.1 Å². The maximum Gasteiger partial charge on any atom is 0.246 e. The number of nitrogens with one attached hydrogen (secondary N) is 2. The van der Waals surface area contributed by atoms with Gasteiger partial charge in [0.1, 0.15) is 0 Å². The van der Waals surface area contributed by atoms with E-state index in [0.717, 1.165) is 19.5 Å². The molecule has 1 aliphatic heterocycles. The summed E-state index contributed by atoms with van der Waals surface area (Å²) in [5.74, 6) is -0.406. The molecule has 0 unspecified atom stereocenters. The van der Waals surface area contributed by atoms with Gasteiger partial charge in [-0.05, 0) is 26.8 Å². The summed E-state index contributed by atoms with van der Waals surface area (Å²) in [6.07, 6.45) is 0.933. The Morgan fingerprint density at radius 3 is 2.65 bits per heavy atom. The maximum atomic E-state index is 11.7. The van der Waals surface area contributed by atoms with Crippen LogP contribution in [0, 0.1) is 0 Å². The molecule has 5 nitrogen and oxygen atoms in total. The van der Waals surface area contributed by atoms with Crippen LogP contribution in [0.15, 0.2) is 0 Å². The molecular formula is C12H23N3O2. The molecule has 0 aromatic carbocycles. The van der Waals surface area contributed by atoms with Crippen molar-refractivity contribution in [2.45, 2.75) is 45.7 Å². The number of nitrogens with zero attached hydrogens (tertiary/aromatic N) is 1. The zero-order valence-electron chi connectivity index (χ0n) is 11.2. The van der Waals surface area contributed by atoms with Crippen LogP contribution in [0.2, 0.25) is 0 Å². The number of amides is 2. The first-order valence-electron chi connectivity index (χ1n) is 6.16. The standard InChI is InChI=1S/C12H23N3O2/c1-9(2)13-6-5-7-15-8-10(16)14-11(17)12(15,3)4/h9,13H,5-8H2,1-4H3,(H,14,16,17). The second-order valence-corrected chi connectivity index (χ2v) is 5.32. The van der Waals surface area contributed by atoms with Crippen LogP contribution in [0.3, 0.4) is 0 Å². The first-order valence-corrected chi connectivity index (χ1v) is 6.16. The largest absolute Gasteiger partial charge is 0.314 e. The van der Waals surface area contributed by atoms with Crippen LogP contribution in [0.1, 0.15) is 34.1 Å². The highest BCUT2D eigenvalue weighted by Gasteiger charge is 2.40. The van der Waals surface area contributed by atoms with E-state index in [9.17, 15) is 9.59 Å². The molecule has 1 fully saturated rings. The summed E-state index contributed by atoms with van der Waals surface area (Å²) < 4.78 is 0. The van der Waals surface area contributed by atoms with E-state index < -0.39 is 5.54 Å². The van der Waals surface area contributed by atoms with E-state index in [1.54, 1.807) is 0 Å². The van der Waals surface area contributed by atoms with Gasteiger partial charge in [-0.1, -0.05) is 13.8 Å². The second-order valence-electron chi connectivity index (χ2n) is 5.32. The lowest BCUT2D eigenvalue weighted by atomic mass is 9.98. The molecular weight excluding hydrogens is 218 g/mol. The normalized spacial score (nSPS) is 20.8. The number of hydrogen-bond donors (Lipinski definition) is 2. The summed E-state index contributed by atoms with van der Waals surface area (Å²) in [6.45, 7) is 9.87. The molecule has 0 aliphatic carbocycles. The molecule has 1 heterocycles. The van der Waals surface area contributed by atoms with Crippen molar-refractivity contribution in [3.05, 3.63) is 0 Å². The highest BCUT2D eigenvalue weighted by Crippen LogP contribution is 2.17. The molecule has 1 aliphatic rings. The zero-order valence-corrected chi connectivity index (χ0v) is 11.2. The number of carbonyl (C=O) groups excluding carboxylic acids is 2. The van der Waals surface area contributed by atoms with Crippen molar-refractivity contribution in [3.63, 3.8) is 0 Å². The van der Waals surface area contributed by atoms with Gasteiger partial charge in [-0.2, -0.15) is 0 Å². The van der Waals surface area contributed by atoms with E-state index in [1.165, 1.54) is 0 Å². The third kappa shape index (κ3) is 3.78. The predicted molar refractivity (Wildman–Crippen MR) is 66.6 cm³/mol. The minimum Gasteiger partial charge on any atom is -0.314 e. The summed E-state index contributed by atoms with van der Waals surface area (Å²) in [5, 5.41) is 5.70. The summed E-state index contributed by atoms with van der Waals surface area (Å²) in [4.78, 5) is 25.0. The molecule has 5 heteroatoms. The van der Waals surface area contributed by atoms with E-state index in [4.69, 9.17) is 0 Å². The first kappa shape index (κ1) is 14.1. The Morgan fingerprint density at radius 2 is 2.06 bits per heavy atom. The van der Waals surface area contributed by atoms with Gasteiger partial charge in [-0.25, -0.2) is 0 Å². The van der Waals surface area contributed by atoms with E-state index in [2.05, 4.69) is 24.5 Å². The van der Waals surface area contributed by atoms with Gasteiger partial charge in [0.25, 0.3) is 0 Å².